The van der Waals surface area contributed by atoms with Crippen molar-refractivity contribution in [3.05, 3.63) is 29.3 Å². The van der Waals surface area contributed by atoms with Crippen LogP contribution in [0.3, 0.4) is 0 Å². The Morgan fingerprint density at radius 3 is 2.72 bits per heavy atom. The van der Waals surface area contributed by atoms with E-state index in [0.717, 1.165) is 44.8 Å². The van der Waals surface area contributed by atoms with Crippen LogP contribution in [0.1, 0.15) is 24.0 Å². The summed E-state index contributed by atoms with van der Waals surface area (Å²) in [5.74, 6) is 0.993. The third-order valence-electron chi connectivity index (χ3n) is 3.57. The van der Waals surface area contributed by atoms with Crippen LogP contribution in [-0.2, 0) is 0 Å². The molecule has 0 amide bonds. The van der Waals surface area contributed by atoms with Gasteiger partial charge in [-0.05, 0) is 43.9 Å². The van der Waals surface area contributed by atoms with Gasteiger partial charge < -0.3 is 9.84 Å². The number of aliphatic hydroxyl groups is 1. The molecule has 2 rings (SSSR count). The van der Waals surface area contributed by atoms with E-state index < -0.39 is 0 Å². The fraction of sp³-hybridized carbons (Fsp3) is 0.600. The molecular formula is C15H23NO2. The Bertz CT molecular complexity index is 384. The third-order valence-corrected chi connectivity index (χ3v) is 3.57. The van der Waals surface area contributed by atoms with Gasteiger partial charge in [-0.25, -0.2) is 0 Å². The van der Waals surface area contributed by atoms with E-state index in [9.17, 15) is 5.11 Å². The molecule has 0 saturated carbocycles. The van der Waals surface area contributed by atoms with Gasteiger partial charge in [0.25, 0.3) is 0 Å². The first kappa shape index (κ1) is 13.4. The van der Waals surface area contributed by atoms with Crippen molar-refractivity contribution in [2.45, 2.75) is 32.8 Å². The van der Waals surface area contributed by atoms with Gasteiger partial charge in [0.1, 0.15) is 12.4 Å². The minimum Gasteiger partial charge on any atom is -0.492 e. The number of hydrogen-bond acceptors (Lipinski definition) is 3. The predicted octanol–water partition coefficient (Wildman–Crippen LogP) is 2.14. The molecule has 0 unspecified atom stereocenters. The van der Waals surface area contributed by atoms with E-state index in [2.05, 4.69) is 36.9 Å². The summed E-state index contributed by atoms with van der Waals surface area (Å²) in [6.07, 6.45) is 1.69. The zero-order valence-corrected chi connectivity index (χ0v) is 11.4. The topological polar surface area (TPSA) is 32.7 Å². The highest BCUT2D eigenvalue weighted by Crippen LogP contribution is 2.19. The summed E-state index contributed by atoms with van der Waals surface area (Å²) in [6.45, 7) is 7.79. The van der Waals surface area contributed by atoms with Crippen LogP contribution in [-0.4, -0.2) is 42.4 Å². The second kappa shape index (κ2) is 6.21. The SMILES string of the molecule is Cc1ccc(C)c(OCCN2CCC(O)CC2)c1. The molecule has 0 radical (unpaired) electrons. The lowest BCUT2D eigenvalue weighted by atomic mass is 10.1. The van der Waals surface area contributed by atoms with Gasteiger partial charge in [0.05, 0.1) is 6.10 Å². The number of rotatable bonds is 4. The van der Waals surface area contributed by atoms with E-state index in [4.69, 9.17) is 4.74 Å². The van der Waals surface area contributed by atoms with Crippen molar-refractivity contribution in [3.8, 4) is 5.75 Å². The summed E-state index contributed by atoms with van der Waals surface area (Å²) in [5.41, 5.74) is 2.42. The molecule has 1 saturated heterocycles. The highest BCUT2D eigenvalue weighted by Gasteiger charge is 2.16. The molecule has 0 spiro atoms. The minimum absolute atomic E-state index is 0.0961. The molecule has 3 heteroatoms. The van der Waals surface area contributed by atoms with Gasteiger partial charge in [0, 0.05) is 19.6 Å². The predicted molar refractivity (Wildman–Crippen MR) is 73.1 cm³/mol. The molecule has 1 N–H and O–H groups in total. The fourth-order valence-corrected chi connectivity index (χ4v) is 2.29. The Kier molecular flexibility index (Phi) is 4.61. The van der Waals surface area contributed by atoms with Crippen molar-refractivity contribution in [1.29, 1.82) is 0 Å². The van der Waals surface area contributed by atoms with Crippen LogP contribution in [0.2, 0.25) is 0 Å². The quantitative estimate of drug-likeness (QED) is 0.887. The van der Waals surface area contributed by atoms with Crippen molar-refractivity contribution in [2.75, 3.05) is 26.2 Å². The van der Waals surface area contributed by atoms with Crippen LogP contribution in [0, 0.1) is 13.8 Å². The second-order valence-corrected chi connectivity index (χ2v) is 5.19. The molecule has 0 atom stereocenters. The lowest BCUT2D eigenvalue weighted by molar-refractivity contribution is 0.0754. The van der Waals surface area contributed by atoms with Crippen LogP contribution in [0.25, 0.3) is 0 Å². The second-order valence-electron chi connectivity index (χ2n) is 5.19. The lowest BCUT2D eigenvalue weighted by Crippen LogP contribution is -2.38. The molecule has 100 valence electrons. The van der Waals surface area contributed by atoms with Gasteiger partial charge in [-0.2, -0.15) is 0 Å². The first-order valence-corrected chi connectivity index (χ1v) is 6.75. The number of piperidine rings is 1. The monoisotopic (exact) mass is 249 g/mol. The van der Waals surface area contributed by atoms with Gasteiger partial charge >= 0.3 is 0 Å². The van der Waals surface area contributed by atoms with Crippen LogP contribution >= 0.6 is 0 Å². The maximum absolute atomic E-state index is 9.44. The molecular weight excluding hydrogens is 226 g/mol. The van der Waals surface area contributed by atoms with Crippen LogP contribution in [0.4, 0.5) is 0 Å². The fourth-order valence-electron chi connectivity index (χ4n) is 2.29. The van der Waals surface area contributed by atoms with Crippen LogP contribution in [0.15, 0.2) is 18.2 Å². The molecule has 1 aromatic rings. The molecule has 0 aliphatic carbocycles. The molecule has 1 aliphatic heterocycles. The summed E-state index contributed by atoms with van der Waals surface area (Å²) in [5, 5.41) is 9.44. The van der Waals surface area contributed by atoms with E-state index in [-0.39, 0.29) is 6.10 Å². The number of likely N-dealkylation sites (tertiary alicyclic amines) is 1. The molecule has 1 aliphatic rings. The van der Waals surface area contributed by atoms with Crippen molar-refractivity contribution in [3.63, 3.8) is 0 Å². The Balaban J connectivity index is 1.76. The smallest absolute Gasteiger partial charge is 0.122 e. The largest absolute Gasteiger partial charge is 0.492 e. The number of aliphatic hydroxyl groups excluding tert-OH is 1. The lowest BCUT2D eigenvalue weighted by Gasteiger charge is -2.29. The standard InChI is InChI=1S/C15H23NO2/c1-12-3-4-13(2)15(11-12)18-10-9-16-7-5-14(17)6-8-16/h3-4,11,14,17H,5-10H2,1-2H3. The summed E-state index contributed by atoms with van der Waals surface area (Å²) in [7, 11) is 0. The Labute approximate surface area is 109 Å². The van der Waals surface area contributed by atoms with Crippen molar-refractivity contribution >= 4 is 0 Å². The van der Waals surface area contributed by atoms with Crippen LogP contribution < -0.4 is 4.74 Å². The van der Waals surface area contributed by atoms with Crippen molar-refractivity contribution in [1.82, 2.24) is 4.90 Å². The molecule has 1 aromatic carbocycles. The first-order valence-electron chi connectivity index (χ1n) is 6.75. The molecule has 18 heavy (non-hydrogen) atoms. The van der Waals surface area contributed by atoms with E-state index in [1.165, 1.54) is 11.1 Å². The number of ether oxygens (including phenoxy) is 1. The summed E-state index contributed by atoms with van der Waals surface area (Å²) in [4.78, 5) is 2.36. The molecule has 1 fully saturated rings. The molecule has 1 heterocycles. The Hall–Kier alpha value is -1.06. The molecule has 0 bridgehead atoms. The molecule has 3 nitrogen and oxygen atoms in total. The zero-order chi connectivity index (χ0) is 13.0. The number of aryl methyl sites for hydroxylation is 2. The highest BCUT2D eigenvalue weighted by molar-refractivity contribution is 5.35. The highest BCUT2D eigenvalue weighted by atomic mass is 16.5. The zero-order valence-electron chi connectivity index (χ0n) is 11.4. The van der Waals surface area contributed by atoms with Crippen molar-refractivity contribution < 1.29 is 9.84 Å². The maximum Gasteiger partial charge on any atom is 0.122 e. The summed E-state index contributed by atoms with van der Waals surface area (Å²) in [6, 6.07) is 6.30. The van der Waals surface area contributed by atoms with Gasteiger partial charge in [0.15, 0.2) is 0 Å². The Morgan fingerprint density at radius 2 is 2.00 bits per heavy atom. The number of hydrogen-bond donors (Lipinski definition) is 1. The van der Waals surface area contributed by atoms with Crippen LogP contribution in [0.5, 0.6) is 5.75 Å². The average molecular weight is 249 g/mol. The number of benzene rings is 1. The third kappa shape index (κ3) is 3.72. The normalized spacial score (nSPS) is 17.9. The van der Waals surface area contributed by atoms with Gasteiger partial charge in [-0.1, -0.05) is 12.1 Å². The maximum atomic E-state index is 9.44. The Morgan fingerprint density at radius 1 is 1.28 bits per heavy atom. The van der Waals surface area contributed by atoms with E-state index >= 15 is 0 Å². The molecule has 0 aromatic heterocycles. The van der Waals surface area contributed by atoms with E-state index in [1.807, 2.05) is 0 Å². The van der Waals surface area contributed by atoms with E-state index in [0.29, 0.717) is 0 Å². The van der Waals surface area contributed by atoms with E-state index in [1.54, 1.807) is 0 Å². The van der Waals surface area contributed by atoms with Gasteiger partial charge in [-0.3, -0.25) is 4.90 Å². The van der Waals surface area contributed by atoms with Gasteiger partial charge in [0.2, 0.25) is 0 Å². The average Bonchev–Trinajstić information content (AvgIpc) is 2.36. The number of nitrogens with zero attached hydrogens (tertiary/aromatic N) is 1. The summed E-state index contributed by atoms with van der Waals surface area (Å²) < 4.78 is 5.84. The summed E-state index contributed by atoms with van der Waals surface area (Å²) >= 11 is 0. The minimum atomic E-state index is -0.0961. The first-order chi connectivity index (χ1) is 8.65. The van der Waals surface area contributed by atoms with Crippen molar-refractivity contribution in [2.24, 2.45) is 0 Å². The van der Waals surface area contributed by atoms with Gasteiger partial charge in [-0.15, -0.1) is 0 Å².